The van der Waals surface area contributed by atoms with Crippen LogP contribution in [0.25, 0.3) is 0 Å². The second kappa shape index (κ2) is 5.73. The zero-order valence-electron chi connectivity index (χ0n) is 12.9. The summed E-state index contributed by atoms with van der Waals surface area (Å²) in [7, 11) is 0. The molecule has 120 valence electrons. The number of carbonyl (C=O) groups excluding carboxylic acids is 4. The Kier molecular flexibility index (Phi) is 3.73. The van der Waals surface area contributed by atoms with E-state index in [9.17, 15) is 19.2 Å². The van der Waals surface area contributed by atoms with Gasteiger partial charge >= 0.3 is 11.9 Å². The molecule has 0 unspecified atom stereocenters. The molecule has 24 heavy (non-hydrogen) atoms. The van der Waals surface area contributed by atoms with Crippen molar-refractivity contribution in [3.63, 3.8) is 0 Å². The van der Waals surface area contributed by atoms with E-state index in [2.05, 4.69) is 0 Å². The molecule has 0 aromatic heterocycles. The number of carbonyl (C=O) groups is 4. The van der Waals surface area contributed by atoms with Crippen LogP contribution in [-0.2, 0) is 9.59 Å². The van der Waals surface area contributed by atoms with Gasteiger partial charge in [-0.1, -0.05) is 24.3 Å². The van der Waals surface area contributed by atoms with Gasteiger partial charge in [-0.05, 0) is 12.1 Å². The molecule has 0 bridgehead atoms. The molecule has 0 fully saturated rings. The molecule has 1 aliphatic carbocycles. The van der Waals surface area contributed by atoms with E-state index >= 15 is 0 Å². The summed E-state index contributed by atoms with van der Waals surface area (Å²) in [6, 6.07) is 8.87. The van der Waals surface area contributed by atoms with Crippen LogP contribution < -0.4 is 9.47 Å². The lowest BCUT2D eigenvalue weighted by atomic mass is 9.83. The van der Waals surface area contributed by atoms with Crippen molar-refractivity contribution in [3.05, 3.63) is 58.7 Å². The van der Waals surface area contributed by atoms with Crippen LogP contribution in [0.15, 0.2) is 36.4 Å². The lowest BCUT2D eigenvalue weighted by Gasteiger charge is -2.21. The number of benzene rings is 2. The standard InChI is InChI=1S/C18H12O6/c1-9(19)23-13-7-3-5-11-15(13)17(21)12-6-4-8-14(24-10(2)20)16(12)18(11)22/h3-8H,1-2H3. The number of hydrogen-bond acceptors (Lipinski definition) is 6. The minimum Gasteiger partial charge on any atom is -0.426 e. The maximum atomic E-state index is 12.8. The SMILES string of the molecule is CC(=O)Oc1cccc2c1C(=O)c1cccc(OC(C)=O)c1C2=O. The highest BCUT2D eigenvalue weighted by Gasteiger charge is 2.35. The summed E-state index contributed by atoms with van der Waals surface area (Å²) in [4.78, 5) is 48.1. The van der Waals surface area contributed by atoms with Gasteiger partial charge < -0.3 is 9.47 Å². The summed E-state index contributed by atoms with van der Waals surface area (Å²) < 4.78 is 10.1. The maximum absolute atomic E-state index is 12.8. The van der Waals surface area contributed by atoms with Crippen LogP contribution in [0, 0.1) is 0 Å². The fourth-order valence-corrected chi connectivity index (χ4v) is 2.66. The maximum Gasteiger partial charge on any atom is 0.308 e. The molecule has 0 radical (unpaired) electrons. The quantitative estimate of drug-likeness (QED) is 0.531. The van der Waals surface area contributed by atoms with Gasteiger partial charge in [0, 0.05) is 25.0 Å². The zero-order valence-corrected chi connectivity index (χ0v) is 12.9. The van der Waals surface area contributed by atoms with Gasteiger partial charge in [-0.3, -0.25) is 19.2 Å². The van der Waals surface area contributed by atoms with Gasteiger partial charge in [0.15, 0.2) is 11.6 Å². The molecule has 0 spiro atoms. The molecule has 6 nitrogen and oxygen atoms in total. The largest absolute Gasteiger partial charge is 0.426 e. The topological polar surface area (TPSA) is 86.7 Å². The number of ether oxygens (including phenoxy) is 2. The first-order valence-electron chi connectivity index (χ1n) is 7.12. The lowest BCUT2D eigenvalue weighted by molar-refractivity contribution is -0.132. The molecule has 2 aromatic carbocycles. The number of esters is 2. The number of ketones is 2. The molecule has 3 rings (SSSR count). The van der Waals surface area contributed by atoms with Crippen molar-refractivity contribution < 1.29 is 28.7 Å². The Morgan fingerprint density at radius 2 is 1.08 bits per heavy atom. The van der Waals surface area contributed by atoms with Crippen LogP contribution in [0.4, 0.5) is 0 Å². The Labute approximate surface area is 137 Å². The number of hydrogen-bond donors (Lipinski definition) is 0. The minimum atomic E-state index is -0.594. The highest BCUT2D eigenvalue weighted by molar-refractivity contribution is 6.30. The lowest BCUT2D eigenvalue weighted by Crippen LogP contribution is -2.23. The van der Waals surface area contributed by atoms with E-state index in [1.165, 1.54) is 50.2 Å². The van der Waals surface area contributed by atoms with Gasteiger partial charge in [0.05, 0.1) is 11.1 Å². The van der Waals surface area contributed by atoms with E-state index in [0.717, 1.165) is 0 Å². The molecular formula is C18H12O6. The van der Waals surface area contributed by atoms with Crippen molar-refractivity contribution in [3.8, 4) is 11.5 Å². The van der Waals surface area contributed by atoms with E-state index in [0.29, 0.717) is 0 Å². The third-order valence-electron chi connectivity index (χ3n) is 3.50. The predicted molar refractivity (Wildman–Crippen MR) is 82.4 cm³/mol. The second-order valence-corrected chi connectivity index (χ2v) is 5.20. The highest BCUT2D eigenvalue weighted by atomic mass is 16.5. The molecule has 0 saturated carbocycles. The van der Waals surface area contributed by atoms with Crippen molar-refractivity contribution in [1.29, 1.82) is 0 Å². The molecule has 2 aromatic rings. The molecular weight excluding hydrogens is 312 g/mol. The summed E-state index contributed by atoms with van der Waals surface area (Å²) in [6.45, 7) is 2.42. The Hall–Kier alpha value is -3.28. The number of rotatable bonds is 2. The van der Waals surface area contributed by atoms with Crippen LogP contribution in [0.2, 0.25) is 0 Å². The molecule has 1 aliphatic rings. The summed E-state index contributed by atoms with van der Waals surface area (Å²) in [6.07, 6.45) is 0. The Morgan fingerprint density at radius 3 is 1.42 bits per heavy atom. The van der Waals surface area contributed by atoms with Gasteiger partial charge in [-0.15, -0.1) is 0 Å². The normalized spacial score (nSPS) is 12.2. The fourth-order valence-electron chi connectivity index (χ4n) is 2.66. The van der Waals surface area contributed by atoms with Crippen molar-refractivity contribution in [1.82, 2.24) is 0 Å². The van der Waals surface area contributed by atoms with Gasteiger partial charge in [0.25, 0.3) is 0 Å². The average molecular weight is 324 g/mol. The van der Waals surface area contributed by atoms with Crippen LogP contribution in [-0.4, -0.2) is 23.5 Å². The van der Waals surface area contributed by atoms with Crippen LogP contribution in [0.3, 0.4) is 0 Å². The van der Waals surface area contributed by atoms with Crippen molar-refractivity contribution >= 4 is 23.5 Å². The molecule has 0 atom stereocenters. The first kappa shape index (κ1) is 15.6. The van der Waals surface area contributed by atoms with E-state index in [-0.39, 0.29) is 33.8 Å². The number of fused-ring (bicyclic) bond motifs is 2. The van der Waals surface area contributed by atoms with Gasteiger partial charge in [0.2, 0.25) is 0 Å². The first-order chi connectivity index (χ1) is 11.4. The summed E-state index contributed by atoms with van der Waals surface area (Å²) in [5, 5.41) is 0. The highest BCUT2D eigenvalue weighted by Crippen LogP contribution is 2.37. The third kappa shape index (κ3) is 2.48. The van der Waals surface area contributed by atoms with Gasteiger partial charge in [-0.2, -0.15) is 0 Å². The summed E-state index contributed by atoms with van der Waals surface area (Å²) in [5.41, 5.74) is 0.270. The summed E-state index contributed by atoms with van der Waals surface area (Å²) >= 11 is 0. The van der Waals surface area contributed by atoms with Crippen molar-refractivity contribution in [2.45, 2.75) is 13.8 Å². The average Bonchev–Trinajstić information content (AvgIpc) is 2.51. The molecule has 0 amide bonds. The second-order valence-electron chi connectivity index (χ2n) is 5.20. The van der Waals surface area contributed by atoms with Crippen LogP contribution in [0.1, 0.15) is 45.7 Å². The van der Waals surface area contributed by atoms with E-state index < -0.39 is 23.5 Å². The molecule has 6 heteroatoms. The Morgan fingerprint density at radius 1 is 0.708 bits per heavy atom. The predicted octanol–water partition coefficient (Wildman–Crippen LogP) is 2.31. The fraction of sp³-hybridized carbons (Fsp3) is 0.111. The van der Waals surface area contributed by atoms with E-state index in [4.69, 9.17) is 9.47 Å². The first-order valence-corrected chi connectivity index (χ1v) is 7.12. The molecule has 0 saturated heterocycles. The van der Waals surface area contributed by atoms with Gasteiger partial charge in [-0.25, -0.2) is 0 Å². The van der Waals surface area contributed by atoms with E-state index in [1.54, 1.807) is 0 Å². The van der Waals surface area contributed by atoms with Crippen LogP contribution in [0.5, 0.6) is 11.5 Å². The smallest absolute Gasteiger partial charge is 0.308 e. The van der Waals surface area contributed by atoms with Crippen molar-refractivity contribution in [2.24, 2.45) is 0 Å². The van der Waals surface area contributed by atoms with Crippen LogP contribution >= 0.6 is 0 Å². The molecule has 0 aliphatic heterocycles. The summed E-state index contributed by atoms with van der Waals surface area (Å²) in [5.74, 6) is -2.06. The molecule has 0 N–H and O–H groups in total. The monoisotopic (exact) mass is 324 g/mol. The zero-order chi connectivity index (χ0) is 17.4. The Balaban J connectivity index is 2.22. The van der Waals surface area contributed by atoms with Crippen molar-refractivity contribution in [2.75, 3.05) is 0 Å². The van der Waals surface area contributed by atoms with Gasteiger partial charge in [0.1, 0.15) is 11.5 Å². The third-order valence-corrected chi connectivity index (χ3v) is 3.50. The van der Waals surface area contributed by atoms with E-state index in [1.807, 2.05) is 0 Å². The molecule has 0 heterocycles. The Bertz CT molecular complexity index is 834. The minimum absolute atomic E-state index is 0.0295.